The van der Waals surface area contributed by atoms with Crippen molar-refractivity contribution in [3.8, 4) is 0 Å². The topological polar surface area (TPSA) is 118 Å². The molecule has 0 bridgehead atoms. The smallest absolute Gasteiger partial charge is 0.328 e. The molecule has 184 valence electrons. The standard InChI is InChI=1S/C23H31ClN6O4/c1-14(31)26-20(23(2,3)4)21(32)29-13-18(10-19(29)22(33)34-5)30-12-17(27-28-30)11-25-16-8-6-15(24)7-9-16/h6-9,12,18-20,25H,10-11,13H2,1-5H3,(H,26,31)/t18-,19-,20-/m0/s1. The molecule has 0 aliphatic carbocycles. The second kappa shape index (κ2) is 10.4. The number of esters is 1. The predicted molar refractivity (Wildman–Crippen MR) is 127 cm³/mol. The van der Waals surface area contributed by atoms with Crippen LogP contribution in [0.15, 0.2) is 30.5 Å². The van der Waals surface area contributed by atoms with E-state index < -0.39 is 23.5 Å². The van der Waals surface area contributed by atoms with E-state index in [1.165, 1.54) is 18.9 Å². The summed E-state index contributed by atoms with van der Waals surface area (Å²) >= 11 is 5.92. The maximum atomic E-state index is 13.5. The molecule has 1 aromatic carbocycles. The van der Waals surface area contributed by atoms with E-state index in [2.05, 4.69) is 20.9 Å². The lowest BCUT2D eigenvalue weighted by Crippen LogP contribution is -2.56. The summed E-state index contributed by atoms with van der Waals surface area (Å²) in [6.07, 6.45) is 2.13. The second-order valence-electron chi connectivity index (χ2n) is 9.47. The molecule has 2 amide bonds. The maximum absolute atomic E-state index is 13.5. The van der Waals surface area contributed by atoms with Crippen molar-refractivity contribution < 1.29 is 19.1 Å². The van der Waals surface area contributed by atoms with Crippen LogP contribution in [0.2, 0.25) is 5.02 Å². The van der Waals surface area contributed by atoms with Crippen molar-refractivity contribution in [3.63, 3.8) is 0 Å². The van der Waals surface area contributed by atoms with Gasteiger partial charge in [-0.2, -0.15) is 0 Å². The molecule has 34 heavy (non-hydrogen) atoms. The Balaban J connectivity index is 1.75. The van der Waals surface area contributed by atoms with Gasteiger partial charge in [-0.3, -0.25) is 9.59 Å². The number of amides is 2. The first-order valence-electron chi connectivity index (χ1n) is 11.0. The zero-order chi connectivity index (χ0) is 25.0. The molecule has 3 atom stereocenters. The molecule has 0 unspecified atom stereocenters. The van der Waals surface area contributed by atoms with Gasteiger partial charge in [0, 0.05) is 30.6 Å². The molecule has 2 aromatic rings. The van der Waals surface area contributed by atoms with Gasteiger partial charge in [0.2, 0.25) is 11.8 Å². The van der Waals surface area contributed by atoms with Crippen molar-refractivity contribution in [3.05, 3.63) is 41.2 Å². The zero-order valence-electron chi connectivity index (χ0n) is 20.0. The molecule has 0 spiro atoms. The average Bonchev–Trinajstić information content (AvgIpc) is 3.42. The first-order valence-corrected chi connectivity index (χ1v) is 11.4. The number of likely N-dealkylation sites (tertiary alicyclic amines) is 1. The highest BCUT2D eigenvalue weighted by molar-refractivity contribution is 6.30. The third-order valence-corrected chi connectivity index (χ3v) is 6.00. The molecular weight excluding hydrogens is 460 g/mol. The second-order valence-corrected chi connectivity index (χ2v) is 9.91. The van der Waals surface area contributed by atoms with E-state index in [-0.39, 0.29) is 24.4 Å². The van der Waals surface area contributed by atoms with E-state index in [4.69, 9.17) is 16.3 Å². The molecule has 10 nitrogen and oxygen atoms in total. The van der Waals surface area contributed by atoms with Crippen LogP contribution in [0, 0.1) is 5.41 Å². The van der Waals surface area contributed by atoms with Gasteiger partial charge in [-0.05, 0) is 29.7 Å². The predicted octanol–water partition coefficient (Wildman–Crippen LogP) is 2.41. The first-order chi connectivity index (χ1) is 16.0. The molecule has 3 rings (SSSR count). The molecular formula is C23H31ClN6O4. The normalized spacial score (nSPS) is 18.9. The summed E-state index contributed by atoms with van der Waals surface area (Å²) in [6.45, 7) is 7.66. The average molecular weight is 491 g/mol. The number of carbonyl (C=O) groups excluding carboxylic acids is 3. The van der Waals surface area contributed by atoms with Crippen molar-refractivity contribution >= 4 is 35.1 Å². The molecule has 1 fully saturated rings. The SMILES string of the molecule is COC(=O)[C@@H]1C[C@H](n2cc(CNc3ccc(Cl)cc3)nn2)CN1C(=O)[C@H](NC(C)=O)C(C)(C)C. The van der Waals surface area contributed by atoms with E-state index in [9.17, 15) is 14.4 Å². The minimum atomic E-state index is -0.786. The van der Waals surface area contributed by atoms with Gasteiger partial charge in [0.25, 0.3) is 0 Å². The molecule has 0 saturated carbocycles. The third-order valence-electron chi connectivity index (χ3n) is 5.75. The monoisotopic (exact) mass is 490 g/mol. The number of aromatic nitrogens is 3. The highest BCUT2D eigenvalue weighted by Crippen LogP contribution is 2.31. The van der Waals surface area contributed by atoms with Crippen LogP contribution >= 0.6 is 11.6 Å². The summed E-state index contributed by atoms with van der Waals surface area (Å²) < 4.78 is 6.63. The quantitative estimate of drug-likeness (QED) is 0.572. The van der Waals surface area contributed by atoms with E-state index in [1.54, 1.807) is 23.0 Å². The number of halogens is 1. The number of anilines is 1. The summed E-state index contributed by atoms with van der Waals surface area (Å²) in [5.74, 6) is -1.14. The highest BCUT2D eigenvalue weighted by atomic mass is 35.5. The zero-order valence-corrected chi connectivity index (χ0v) is 20.8. The number of rotatable bonds is 7. The fourth-order valence-electron chi connectivity index (χ4n) is 3.96. The number of carbonyl (C=O) groups is 3. The Morgan fingerprint density at radius 2 is 1.91 bits per heavy atom. The molecule has 2 N–H and O–H groups in total. The molecule has 1 aromatic heterocycles. The van der Waals surface area contributed by atoms with Crippen LogP contribution in [-0.4, -0.2) is 63.4 Å². The van der Waals surface area contributed by atoms with Crippen molar-refractivity contribution in [1.29, 1.82) is 0 Å². The minimum Gasteiger partial charge on any atom is -0.467 e. The van der Waals surface area contributed by atoms with Gasteiger partial charge in [0.1, 0.15) is 17.8 Å². The number of methoxy groups -OCH3 is 1. The van der Waals surface area contributed by atoms with E-state index in [1.807, 2.05) is 32.9 Å². The number of nitrogens with zero attached hydrogens (tertiary/aromatic N) is 4. The van der Waals surface area contributed by atoms with Crippen LogP contribution in [0.5, 0.6) is 0 Å². The number of nitrogens with one attached hydrogen (secondary N) is 2. The van der Waals surface area contributed by atoms with E-state index in [0.29, 0.717) is 23.7 Å². The van der Waals surface area contributed by atoms with E-state index in [0.717, 1.165) is 5.69 Å². The molecule has 0 radical (unpaired) electrons. The Kier molecular flexibility index (Phi) is 7.81. The van der Waals surface area contributed by atoms with Gasteiger partial charge in [-0.15, -0.1) is 5.10 Å². The number of ether oxygens (including phenoxy) is 1. The Labute approximate surface area is 204 Å². The summed E-state index contributed by atoms with van der Waals surface area (Å²) in [5, 5.41) is 15.1. The van der Waals surface area contributed by atoms with Crippen molar-refractivity contribution in [2.24, 2.45) is 5.41 Å². The lowest BCUT2D eigenvalue weighted by Gasteiger charge is -2.34. The lowest BCUT2D eigenvalue weighted by atomic mass is 9.85. The molecule has 11 heteroatoms. The highest BCUT2D eigenvalue weighted by Gasteiger charge is 2.46. The fraction of sp³-hybridized carbons (Fsp3) is 0.522. The van der Waals surface area contributed by atoms with Crippen molar-refractivity contribution in [1.82, 2.24) is 25.2 Å². The van der Waals surface area contributed by atoms with Gasteiger partial charge < -0.3 is 20.3 Å². The summed E-state index contributed by atoms with van der Waals surface area (Å²) in [5.41, 5.74) is 1.06. The van der Waals surface area contributed by atoms with Crippen LogP contribution in [0.3, 0.4) is 0 Å². The van der Waals surface area contributed by atoms with E-state index >= 15 is 0 Å². The van der Waals surface area contributed by atoms with Crippen LogP contribution in [0.25, 0.3) is 0 Å². The number of hydrogen-bond acceptors (Lipinski definition) is 7. The molecule has 2 heterocycles. The fourth-order valence-corrected chi connectivity index (χ4v) is 4.09. The largest absolute Gasteiger partial charge is 0.467 e. The van der Waals surface area contributed by atoms with Crippen molar-refractivity contribution in [2.75, 3.05) is 19.0 Å². The Morgan fingerprint density at radius 1 is 1.24 bits per heavy atom. The number of benzene rings is 1. The van der Waals surface area contributed by atoms with Gasteiger partial charge in [-0.25, -0.2) is 9.48 Å². The van der Waals surface area contributed by atoms with Gasteiger partial charge in [-0.1, -0.05) is 37.6 Å². The molecule has 1 aliphatic heterocycles. The summed E-state index contributed by atoms with van der Waals surface area (Å²) in [4.78, 5) is 39.2. The van der Waals surface area contributed by atoms with Gasteiger partial charge in [0.15, 0.2) is 0 Å². The Morgan fingerprint density at radius 3 is 2.50 bits per heavy atom. The van der Waals surface area contributed by atoms with Crippen molar-refractivity contribution in [2.45, 2.75) is 58.8 Å². The third kappa shape index (κ3) is 6.05. The molecule has 1 aliphatic rings. The Hall–Kier alpha value is -3.14. The van der Waals surface area contributed by atoms with Gasteiger partial charge >= 0.3 is 5.97 Å². The lowest BCUT2D eigenvalue weighted by molar-refractivity contribution is -0.153. The minimum absolute atomic E-state index is 0.248. The van der Waals surface area contributed by atoms with Crippen LogP contribution in [0.1, 0.15) is 45.9 Å². The maximum Gasteiger partial charge on any atom is 0.328 e. The number of hydrogen-bond donors (Lipinski definition) is 2. The van der Waals surface area contributed by atoms with Crippen LogP contribution < -0.4 is 10.6 Å². The summed E-state index contributed by atoms with van der Waals surface area (Å²) in [7, 11) is 1.30. The molecule has 1 saturated heterocycles. The van der Waals surface area contributed by atoms with Gasteiger partial charge in [0.05, 0.1) is 25.9 Å². The summed E-state index contributed by atoms with van der Waals surface area (Å²) in [6, 6.07) is 5.51. The Bertz CT molecular complexity index is 1030. The van der Waals surface area contributed by atoms with Crippen LogP contribution in [0.4, 0.5) is 5.69 Å². The first kappa shape index (κ1) is 25.5. The van der Waals surface area contributed by atoms with Crippen LogP contribution in [-0.2, 0) is 25.7 Å².